The lowest BCUT2D eigenvalue weighted by molar-refractivity contribution is 0.590. The van der Waals surface area contributed by atoms with Crippen LogP contribution in [0.25, 0.3) is 106 Å². The maximum Gasteiger partial charge on any atom is 0.252 e. The summed E-state index contributed by atoms with van der Waals surface area (Å²) in [6.07, 6.45) is 0. The summed E-state index contributed by atoms with van der Waals surface area (Å²) >= 11 is 0. The van der Waals surface area contributed by atoms with Crippen LogP contribution in [-0.2, 0) is 16.2 Å². The van der Waals surface area contributed by atoms with Crippen molar-refractivity contribution in [2.75, 3.05) is 9.80 Å². The van der Waals surface area contributed by atoms with Gasteiger partial charge in [-0.2, -0.15) is 0 Å². The molecule has 0 saturated carbocycles. The van der Waals surface area contributed by atoms with Gasteiger partial charge in [-0.3, -0.25) is 0 Å². The normalized spacial score (nSPS) is 16.0. The Bertz CT molecular complexity index is 6810. The molecule has 0 spiro atoms. The first-order chi connectivity index (χ1) is 58.0. The number of aromatic nitrogens is 4. The van der Waals surface area contributed by atoms with Crippen LogP contribution in [0.2, 0.25) is 0 Å². The molecule has 4 heterocycles. The molecule has 13 aromatic carbocycles. The standard InChI is InChI=1S/C93H77BN6/c1-91(2,3)67-53-73(61-34-18-11-19-35-61)86(74(54-67)62-36-20-12-21-37-62)100-82-59-70(98-79-46-30-28-44-71(79)72-45-29-31-47-80(72)98)49-51-78(82)94-77-50-48-66(60-32-16-10-17-33-60)52-81(77)99(83-57-69(93(7,8)9)58-84(100)85(83)94)87-75(63-38-22-13-23-39-63)55-68(92(4,5)6)56-76(87)90-96-88(64-40-24-14-25-41-64)95-89(97-90)65-42-26-15-27-43-65/h10-59H,1-9H3/i10D,14D,15D,16D,17D,24D,25D,26D,27D,28D,29D,30D,31D,32D,33D,40D,41D,42D,43D,44D,45D,46D,47D. The molecular weight excluding hydrogens is 1210 g/mol. The van der Waals surface area contributed by atoms with Gasteiger partial charge in [0.05, 0.1) is 53.9 Å². The van der Waals surface area contributed by atoms with Gasteiger partial charge in [-0.1, -0.05) is 298 Å². The molecule has 17 rings (SSSR count). The molecule has 482 valence electrons. The molecule has 100 heavy (non-hydrogen) atoms. The van der Waals surface area contributed by atoms with E-state index >= 15 is 0 Å². The minimum Gasteiger partial charge on any atom is -0.310 e. The summed E-state index contributed by atoms with van der Waals surface area (Å²) in [6, 6.07) is 37.9. The lowest BCUT2D eigenvalue weighted by atomic mass is 9.33. The number of anilines is 6. The Hall–Kier alpha value is -11.7. The largest absolute Gasteiger partial charge is 0.310 e. The minimum absolute atomic E-state index is 0.118. The fourth-order valence-electron chi connectivity index (χ4n) is 14.0. The van der Waals surface area contributed by atoms with Crippen molar-refractivity contribution in [3.05, 3.63) is 319 Å². The van der Waals surface area contributed by atoms with Crippen molar-refractivity contribution in [3.63, 3.8) is 0 Å². The Morgan fingerprint density at radius 1 is 0.310 bits per heavy atom. The maximum absolute atomic E-state index is 9.84. The molecule has 2 aliphatic rings. The second-order valence-electron chi connectivity index (χ2n) is 28.3. The molecule has 0 amide bonds. The third-order valence-corrected chi connectivity index (χ3v) is 19.0. The Morgan fingerprint density at radius 2 is 0.680 bits per heavy atom. The van der Waals surface area contributed by atoms with E-state index in [4.69, 9.17) is 27.3 Å². The molecule has 0 atom stereocenters. The highest BCUT2D eigenvalue weighted by atomic mass is 15.2. The number of hydrogen-bond donors (Lipinski definition) is 0. The van der Waals surface area contributed by atoms with Gasteiger partial charge in [-0.25, -0.2) is 15.0 Å². The first-order valence-corrected chi connectivity index (χ1v) is 33.1. The van der Waals surface area contributed by atoms with E-state index in [-0.39, 0.29) is 55.7 Å². The third-order valence-electron chi connectivity index (χ3n) is 19.0. The molecule has 0 saturated heterocycles. The first-order valence-electron chi connectivity index (χ1n) is 44.6. The number of benzene rings is 13. The van der Waals surface area contributed by atoms with Gasteiger partial charge in [0, 0.05) is 72.6 Å². The molecule has 15 aromatic rings. The fraction of sp³-hybridized carbons (Fsp3) is 0.129. The van der Waals surface area contributed by atoms with E-state index in [0.717, 1.165) is 33.4 Å². The van der Waals surface area contributed by atoms with Crippen LogP contribution in [0.4, 0.5) is 34.1 Å². The molecule has 6 nitrogen and oxygen atoms in total. The van der Waals surface area contributed by atoms with Crippen molar-refractivity contribution >= 4 is 79.0 Å². The summed E-state index contributed by atoms with van der Waals surface area (Å²) in [5.41, 5.74) is 8.18. The van der Waals surface area contributed by atoms with Crippen LogP contribution < -0.4 is 26.2 Å². The highest BCUT2D eigenvalue weighted by Crippen LogP contribution is 2.55. The van der Waals surface area contributed by atoms with Crippen LogP contribution in [0, 0.1) is 0 Å². The quantitative estimate of drug-likeness (QED) is 0.128. The van der Waals surface area contributed by atoms with E-state index in [2.05, 4.69) is 70.7 Å². The van der Waals surface area contributed by atoms with E-state index < -0.39 is 185 Å². The molecule has 2 aromatic heterocycles. The number of hydrogen-bond acceptors (Lipinski definition) is 5. The molecule has 0 bridgehead atoms. The van der Waals surface area contributed by atoms with Gasteiger partial charge in [0.25, 0.3) is 6.71 Å². The maximum atomic E-state index is 9.84. The Balaban J connectivity index is 1.11. The Kier molecular flexibility index (Phi) is 10.0. The van der Waals surface area contributed by atoms with Gasteiger partial charge in [-0.05, 0) is 144 Å². The topological polar surface area (TPSA) is 50.1 Å². The summed E-state index contributed by atoms with van der Waals surface area (Å²) in [6.45, 7) is 17.7. The minimum atomic E-state index is -0.937. The van der Waals surface area contributed by atoms with E-state index in [0.29, 0.717) is 61.5 Å². The molecule has 0 unspecified atom stereocenters. The van der Waals surface area contributed by atoms with Crippen LogP contribution in [0.15, 0.2) is 303 Å². The highest BCUT2D eigenvalue weighted by molar-refractivity contribution is 7.00. The number of para-hydroxylation sites is 2. The number of fused-ring (bicyclic) bond motifs is 7. The molecular formula is C93H77BN6. The van der Waals surface area contributed by atoms with Gasteiger partial charge in [0.15, 0.2) is 17.5 Å². The molecule has 2 aliphatic heterocycles. The van der Waals surface area contributed by atoms with Crippen LogP contribution in [0.1, 0.15) is 111 Å². The fourth-order valence-corrected chi connectivity index (χ4v) is 14.0. The van der Waals surface area contributed by atoms with Gasteiger partial charge in [0.2, 0.25) is 0 Å². The molecule has 0 N–H and O–H groups in total. The van der Waals surface area contributed by atoms with E-state index in [9.17, 15) is 19.2 Å². The lowest BCUT2D eigenvalue weighted by Gasteiger charge is -2.46. The second kappa shape index (κ2) is 24.1. The van der Waals surface area contributed by atoms with Crippen molar-refractivity contribution in [1.82, 2.24) is 19.5 Å². The van der Waals surface area contributed by atoms with Crippen LogP contribution in [0.5, 0.6) is 0 Å². The Labute approximate surface area is 620 Å². The van der Waals surface area contributed by atoms with Crippen LogP contribution in [0.3, 0.4) is 0 Å². The van der Waals surface area contributed by atoms with Crippen molar-refractivity contribution in [2.24, 2.45) is 0 Å². The molecule has 0 radical (unpaired) electrons. The molecule has 0 aliphatic carbocycles. The molecule has 7 heteroatoms. The third kappa shape index (κ3) is 10.7. The predicted molar refractivity (Wildman–Crippen MR) is 422 cm³/mol. The number of rotatable bonds is 10. The average molecular weight is 1310 g/mol. The van der Waals surface area contributed by atoms with Gasteiger partial charge in [-0.15, -0.1) is 0 Å². The van der Waals surface area contributed by atoms with Crippen molar-refractivity contribution in [3.8, 4) is 84.4 Å². The van der Waals surface area contributed by atoms with Crippen molar-refractivity contribution < 1.29 is 31.5 Å². The summed E-state index contributed by atoms with van der Waals surface area (Å²) in [4.78, 5) is 19.5. The zero-order valence-electron chi connectivity index (χ0n) is 79.3. The average Bonchev–Trinajstić information content (AvgIpc) is 1.17. The summed E-state index contributed by atoms with van der Waals surface area (Å²) in [5, 5.41) is -0.265. The SMILES string of the molecule is [2H]c1c([2H])c([2H])c(-c2ccc3c(c2)N(c2c(-c4ccccc4)cc(C(C)(C)C)cc2-c2nc(-c4c([2H])c([2H])c([2H])c([2H])c4[2H])nc(-c4c([2H])c([2H])c([2H])c([2H])c4[2H])n2)c2cc(C(C)(C)C)cc4c2B3c2ccc(-n3c5c([2H])c([2H])c([2H])c([2H])c5c5c([2H])c([2H])c([2H])c([2H])c53)cc2N4c2c(-c3ccccc3)cc(C(C)(C)C)cc2-c2ccccc2)c([2H])c1[2H]. The molecule has 0 fully saturated rings. The van der Waals surface area contributed by atoms with Crippen molar-refractivity contribution in [2.45, 2.75) is 78.6 Å². The van der Waals surface area contributed by atoms with Crippen molar-refractivity contribution in [1.29, 1.82) is 0 Å². The van der Waals surface area contributed by atoms with Crippen LogP contribution >= 0.6 is 0 Å². The Morgan fingerprint density at radius 3 is 1.13 bits per heavy atom. The van der Waals surface area contributed by atoms with E-state index in [1.807, 2.05) is 147 Å². The predicted octanol–water partition coefficient (Wildman–Crippen LogP) is 22.6. The van der Waals surface area contributed by atoms with Gasteiger partial charge >= 0.3 is 0 Å². The van der Waals surface area contributed by atoms with Crippen LogP contribution in [-0.4, -0.2) is 26.2 Å². The zero-order chi connectivity index (χ0) is 88.2. The van der Waals surface area contributed by atoms with E-state index in [1.54, 1.807) is 18.2 Å². The first kappa shape index (κ1) is 41.6. The van der Waals surface area contributed by atoms with Gasteiger partial charge in [0.1, 0.15) is 0 Å². The zero-order valence-corrected chi connectivity index (χ0v) is 56.3. The second-order valence-corrected chi connectivity index (χ2v) is 28.3. The highest BCUT2D eigenvalue weighted by Gasteiger charge is 2.47. The number of nitrogens with zero attached hydrogens (tertiary/aromatic N) is 6. The summed E-state index contributed by atoms with van der Waals surface area (Å²) < 4.78 is 215. The van der Waals surface area contributed by atoms with Gasteiger partial charge < -0.3 is 14.4 Å². The summed E-state index contributed by atoms with van der Waals surface area (Å²) in [5.74, 6) is -1.34. The smallest absolute Gasteiger partial charge is 0.252 e. The van der Waals surface area contributed by atoms with E-state index in [1.165, 1.54) is 4.57 Å². The monoisotopic (exact) mass is 1310 g/mol. The lowest BCUT2D eigenvalue weighted by Crippen LogP contribution is -2.61. The summed E-state index contributed by atoms with van der Waals surface area (Å²) in [7, 11) is 0.